The molecule has 24 heavy (non-hydrogen) atoms. The molecule has 6 nitrogen and oxygen atoms in total. The van der Waals surface area contributed by atoms with E-state index in [1.165, 1.54) is 12.8 Å². The van der Waals surface area contributed by atoms with Crippen molar-refractivity contribution in [1.29, 1.82) is 0 Å². The number of aryl methyl sites for hydroxylation is 2. The Morgan fingerprint density at radius 3 is 2.50 bits per heavy atom. The number of aliphatic hydroxyl groups is 1. The molecule has 2 rings (SSSR count). The average molecular weight is 336 g/mol. The molecule has 1 aliphatic carbocycles. The van der Waals surface area contributed by atoms with Crippen LogP contribution in [0.5, 0.6) is 0 Å². The van der Waals surface area contributed by atoms with Gasteiger partial charge in [-0.25, -0.2) is 0 Å². The minimum Gasteiger partial charge on any atom is -0.466 e. The Morgan fingerprint density at radius 1 is 1.25 bits per heavy atom. The predicted octanol–water partition coefficient (Wildman–Crippen LogP) is 1.92. The lowest BCUT2D eigenvalue weighted by Crippen LogP contribution is -2.43. The van der Waals surface area contributed by atoms with E-state index in [4.69, 9.17) is 4.42 Å². The van der Waals surface area contributed by atoms with E-state index in [0.717, 1.165) is 12.8 Å². The van der Waals surface area contributed by atoms with Crippen molar-refractivity contribution in [2.24, 2.45) is 5.92 Å². The average Bonchev–Trinajstić information content (AvgIpc) is 3.12. The second kappa shape index (κ2) is 7.83. The fraction of sp³-hybridized carbons (Fsp3) is 0.667. The van der Waals surface area contributed by atoms with E-state index < -0.39 is 5.60 Å². The smallest absolute Gasteiger partial charge is 0.239 e. The first-order valence-electron chi connectivity index (χ1n) is 8.61. The van der Waals surface area contributed by atoms with Crippen LogP contribution in [-0.2, 0) is 15.2 Å². The minimum atomic E-state index is -1.22. The van der Waals surface area contributed by atoms with Gasteiger partial charge in [0.1, 0.15) is 17.1 Å². The Morgan fingerprint density at radius 2 is 1.92 bits per heavy atom. The highest BCUT2D eigenvalue weighted by atomic mass is 16.3. The summed E-state index contributed by atoms with van der Waals surface area (Å²) in [5.74, 6) is 1.42. The summed E-state index contributed by atoms with van der Waals surface area (Å²) in [5, 5.41) is 15.8. The maximum atomic E-state index is 11.9. The first-order chi connectivity index (χ1) is 11.3. The number of hydrogen-bond acceptors (Lipinski definition) is 4. The van der Waals surface area contributed by atoms with Gasteiger partial charge in [-0.15, -0.1) is 0 Å². The summed E-state index contributed by atoms with van der Waals surface area (Å²) in [6.45, 7) is 5.21. The van der Waals surface area contributed by atoms with Gasteiger partial charge < -0.3 is 20.2 Å². The van der Waals surface area contributed by atoms with Crippen molar-refractivity contribution in [2.75, 3.05) is 13.1 Å². The van der Waals surface area contributed by atoms with Crippen molar-refractivity contribution in [1.82, 2.24) is 10.6 Å². The van der Waals surface area contributed by atoms with E-state index in [-0.39, 0.29) is 24.9 Å². The molecule has 0 aliphatic heterocycles. The molecule has 6 heteroatoms. The molecule has 1 aromatic heterocycles. The highest BCUT2D eigenvalue weighted by Gasteiger charge is 2.28. The zero-order chi connectivity index (χ0) is 17.7. The molecule has 1 atom stereocenters. The third-order valence-corrected chi connectivity index (χ3v) is 4.65. The molecule has 0 radical (unpaired) electrons. The molecule has 0 bridgehead atoms. The van der Waals surface area contributed by atoms with Crippen LogP contribution in [0.25, 0.3) is 0 Å². The van der Waals surface area contributed by atoms with E-state index >= 15 is 0 Å². The van der Waals surface area contributed by atoms with Crippen LogP contribution in [0.3, 0.4) is 0 Å². The zero-order valence-electron chi connectivity index (χ0n) is 14.8. The quantitative estimate of drug-likeness (QED) is 0.709. The molecule has 3 N–H and O–H groups in total. The maximum absolute atomic E-state index is 11.9. The van der Waals surface area contributed by atoms with E-state index in [1.807, 2.05) is 6.92 Å². The van der Waals surface area contributed by atoms with Gasteiger partial charge in [-0.2, -0.15) is 0 Å². The number of nitrogens with one attached hydrogen (secondary N) is 2. The number of carbonyl (C=O) groups excluding carboxylic acids is 2. The summed E-state index contributed by atoms with van der Waals surface area (Å²) < 4.78 is 5.42. The van der Waals surface area contributed by atoms with Gasteiger partial charge in [0.2, 0.25) is 11.8 Å². The molecular weight excluding hydrogens is 308 g/mol. The van der Waals surface area contributed by atoms with Gasteiger partial charge in [0.05, 0.1) is 13.1 Å². The lowest BCUT2D eigenvalue weighted by Gasteiger charge is -2.23. The van der Waals surface area contributed by atoms with Crippen LogP contribution in [0.2, 0.25) is 0 Å². The first kappa shape index (κ1) is 18.5. The molecule has 134 valence electrons. The van der Waals surface area contributed by atoms with Gasteiger partial charge in [-0.3, -0.25) is 9.59 Å². The third kappa shape index (κ3) is 5.09. The third-order valence-electron chi connectivity index (χ3n) is 4.65. The second-order valence-corrected chi connectivity index (χ2v) is 7.01. The van der Waals surface area contributed by atoms with E-state index in [1.54, 1.807) is 19.9 Å². The first-order valence-corrected chi connectivity index (χ1v) is 8.61. The summed E-state index contributed by atoms with van der Waals surface area (Å²) >= 11 is 0. The lowest BCUT2D eigenvalue weighted by molar-refractivity contribution is -0.127. The van der Waals surface area contributed by atoms with E-state index in [2.05, 4.69) is 10.6 Å². The van der Waals surface area contributed by atoms with E-state index in [0.29, 0.717) is 29.4 Å². The minimum absolute atomic E-state index is 0.0597. The number of carbonyl (C=O) groups is 2. The summed E-state index contributed by atoms with van der Waals surface area (Å²) in [6, 6.07) is 1.77. The Hall–Kier alpha value is -1.82. The fourth-order valence-corrected chi connectivity index (χ4v) is 3.32. The van der Waals surface area contributed by atoms with Gasteiger partial charge >= 0.3 is 0 Å². The molecule has 1 unspecified atom stereocenters. The van der Waals surface area contributed by atoms with Crippen molar-refractivity contribution >= 4 is 11.8 Å². The molecule has 2 amide bonds. The van der Waals surface area contributed by atoms with Crippen LogP contribution in [-0.4, -0.2) is 30.0 Å². The van der Waals surface area contributed by atoms with Crippen molar-refractivity contribution in [3.05, 3.63) is 23.2 Å². The summed E-state index contributed by atoms with van der Waals surface area (Å²) in [4.78, 5) is 23.7. The SMILES string of the molecule is Cc1cc(C(C)(O)CNC(=O)CNC(=O)CC2CCCC2)c(C)o1. The van der Waals surface area contributed by atoms with Gasteiger partial charge in [-0.1, -0.05) is 12.8 Å². The van der Waals surface area contributed by atoms with Crippen molar-refractivity contribution in [2.45, 2.75) is 58.5 Å². The fourth-order valence-electron chi connectivity index (χ4n) is 3.32. The normalized spacial score (nSPS) is 17.5. The van der Waals surface area contributed by atoms with Crippen molar-refractivity contribution < 1.29 is 19.1 Å². The standard InChI is InChI=1S/C18H28N2O4/c1-12-8-15(13(2)24-12)18(3,23)11-20-17(22)10-19-16(21)9-14-6-4-5-7-14/h8,14,23H,4-7,9-11H2,1-3H3,(H,19,21)(H,20,22). The van der Waals surface area contributed by atoms with Crippen molar-refractivity contribution in [3.8, 4) is 0 Å². The Labute approximate surface area is 143 Å². The molecule has 0 aromatic carbocycles. The lowest BCUT2D eigenvalue weighted by atomic mass is 9.96. The molecule has 1 fully saturated rings. The van der Waals surface area contributed by atoms with E-state index in [9.17, 15) is 14.7 Å². The Kier molecular flexibility index (Phi) is 6.04. The number of hydrogen-bond donors (Lipinski definition) is 3. The summed E-state index contributed by atoms with van der Waals surface area (Å²) in [6.07, 6.45) is 5.09. The number of amides is 2. The molecule has 1 saturated carbocycles. The highest BCUT2D eigenvalue weighted by Crippen LogP contribution is 2.27. The molecule has 1 aliphatic rings. The van der Waals surface area contributed by atoms with Crippen LogP contribution in [0, 0.1) is 19.8 Å². The molecule has 0 saturated heterocycles. The predicted molar refractivity (Wildman–Crippen MR) is 90.3 cm³/mol. The Bertz CT molecular complexity index is 586. The van der Waals surface area contributed by atoms with Gasteiger partial charge in [-0.05, 0) is 45.6 Å². The van der Waals surface area contributed by atoms with Crippen LogP contribution >= 0.6 is 0 Å². The van der Waals surface area contributed by atoms with Gasteiger partial charge in [0.15, 0.2) is 0 Å². The second-order valence-electron chi connectivity index (χ2n) is 7.01. The monoisotopic (exact) mass is 336 g/mol. The topological polar surface area (TPSA) is 91.6 Å². The summed E-state index contributed by atoms with van der Waals surface area (Å²) in [7, 11) is 0. The number of rotatable bonds is 7. The van der Waals surface area contributed by atoms with Crippen LogP contribution < -0.4 is 10.6 Å². The number of furan rings is 1. The van der Waals surface area contributed by atoms with Crippen molar-refractivity contribution in [3.63, 3.8) is 0 Å². The maximum Gasteiger partial charge on any atom is 0.239 e. The molecule has 0 spiro atoms. The largest absolute Gasteiger partial charge is 0.466 e. The highest BCUT2D eigenvalue weighted by molar-refractivity contribution is 5.84. The zero-order valence-corrected chi connectivity index (χ0v) is 14.8. The molecule has 1 heterocycles. The van der Waals surface area contributed by atoms with Gasteiger partial charge in [0, 0.05) is 12.0 Å². The molecular formula is C18H28N2O4. The van der Waals surface area contributed by atoms with Crippen LogP contribution in [0.1, 0.15) is 56.1 Å². The van der Waals surface area contributed by atoms with Crippen LogP contribution in [0.15, 0.2) is 10.5 Å². The Balaban J connectivity index is 1.73. The molecule has 1 aromatic rings. The summed E-state index contributed by atoms with van der Waals surface area (Å²) in [5.41, 5.74) is -0.559. The van der Waals surface area contributed by atoms with Gasteiger partial charge in [0.25, 0.3) is 0 Å². The van der Waals surface area contributed by atoms with Crippen LogP contribution in [0.4, 0.5) is 0 Å².